The fraction of sp³-hybridized carbons (Fsp3) is 0.462. The second kappa shape index (κ2) is 4.94. The van der Waals surface area contributed by atoms with Gasteiger partial charge in [-0.1, -0.05) is 26.0 Å². The molecule has 0 radical (unpaired) electrons. The average Bonchev–Trinajstić information content (AvgIpc) is 2.68. The quantitative estimate of drug-likeness (QED) is 0.871. The highest BCUT2D eigenvalue weighted by atomic mass is 32.2. The standard InChI is InChI=1S/C13H19N3O2S/c1-3-13(14,4-2)9-15-12-10-7-5-6-8-11(10)19(17,18)16-12/h5-8H,3-4,9,14H2,1-2H3,(H,15,16). The van der Waals surface area contributed by atoms with E-state index in [1.807, 2.05) is 13.8 Å². The van der Waals surface area contributed by atoms with Crippen LogP contribution in [0.5, 0.6) is 0 Å². The molecule has 0 aliphatic carbocycles. The van der Waals surface area contributed by atoms with Crippen LogP contribution in [0.3, 0.4) is 0 Å². The number of amidine groups is 1. The van der Waals surface area contributed by atoms with E-state index < -0.39 is 10.0 Å². The zero-order valence-electron chi connectivity index (χ0n) is 11.2. The lowest BCUT2D eigenvalue weighted by Gasteiger charge is -2.24. The van der Waals surface area contributed by atoms with E-state index >= 15 is 0 Å². The predicted molar refractivity (Wildman–Crippen MR) is 75.7 cm³/mol. The van der Waals surface area contributed by atoms with E-state index in [0.29, 0.717) is 17.9 Å². The van der Waals surface area contributed by atoms with Gasteiger partial charge in [0.05, 0.1) is 11.4 Å². The van der Waals surface area contributed by atoms with Crippen LogP contribution in [0, 0.1) is 0 Å². The largest absolute Gasteiger partial charge is 0.324 e. The summed E-state index contributed by atoms with van der Waals surface area (Å²) in [6.07, 6.45) is 1.60. The van der Waals surface area contributed by atoms with E-state index in [2.05, 4.69) is 9.71 Å². The normalized spacial score (nSPS) is 19.2. The molecule has 0 aromatic heterocycles. The number of sulfonamides is 1. The van der Waals surface area contributed by atoms with Crippen LogP contribution in [0.1, 0.15) is 32.3 Å². The molecule has 1 heterocycles. The minimum Gasteiger partial charge on any atom is -0.324 e. The molecule has 0 amide bonds. The Morgan fingerprint density at radius 3 is 2.53 bits per heavy atom. The highest BCUT2D eigenvalue weighted by molar-refractivity contribution is 7.90. The molecular weight excluding hydrogens is 262 g/mol. The molecule has 104 valence electrons. The maximum Gasteiger partial charge on any atom is 0.263 e. The lowest BCUT2D eigenvalue weighted by Crippen LogP contribution is -2.42. The molecule has 1 aromatic carbocycles. The van der Waals surface area contributed by atoms with E-state index in [0.717, 1.165) is 12.8 Å². The summed E-state index contributed by atoms with van der Waals surface area (Å²) in [5.74, 6) is 0.396. The van der Waals surface area contributed by atoms with Gasteiger partial charge in [-0.2, -0.15) is 0 Å². The fourth-order valence-electron chi connectivity index (χ4n) is 1.96. The van der Waals surface area contributed by atoms with Crippen molar-refractivity contribution in [1.82, 2.24) is 4.72 Å². The summed E-state index contributed by atoms with van der Waals surface area (Å²) >= 11 is 0. The number of benzene rings is 1. The van der Waals surface area contributed by atoms with Gasteiger partial charge in [0.2, 0.25) is 0 Å². The molecule has 0 unspecified atom stereocenters. The Hall–Kier alpha value is -1.40. The molecule has 1 aliphatic rings. The maximum absolute atomic E-state index is 11.9. The van der Waals surface area contributed by atoms with Crippen LogP contribution in [0.15, 0.2) is 34.2 Å². The van der Waals surface area contributed by atoms with Crippen molar-refractivity contribution in [2.45, 2.75) is 37.1 Å². The minimum atomic E-state index is -3.46. The molecule has 19 heavy (non-hydrogen) atoms. The van der Waals surface area contributed by atoms with Crippen molar-refractivity contribution >= 4 is 15.9 Å². The molecule has 0 atom stereocenters. The van der Waals surface area contributed by atoms with E-state index in [1.165, 1.54) is 0 Å². The zero-order valence-corrected chi connectivity index (χ0v) is 12.0. The third-order valence-electron chi connectivity index (χ3n) is 3.62. The Bertz CT molecular complexity index is 604. The van der Waals surface area contributed by atoms with Crippen LogP contribution >= 0.6 is 0 Å². The molecule has 0 bridgehead atoms. The van der Waals surface area contributed by atoms with Crippen LogP contribution in [-0.4, -0.2) is 26.3 Å². The summed E-state index contributed by atoms with van der Waals surface area (Å²) < 4.78 is 26.3. The van der Waals surface area contributed by atoms with Crippen LogP contribution < -0.4 is 10.5 Å². The molecule has 0 saturated heterocycles. The molecule has 2 rings (SSSR count). The Morgan fingerprint density at radius 1 is 1.26 bits per heavy atom. The first-order valence-corrected chi connectivity index (χ1v) is 7.86. The van der Waals surface area contributed by atoms with E-state index in [9.17, 15) is 8.42 Å². The first-order chi connectivity index (χ1) is 8.92. The Labute approximate surface area is 114 Å². The maximum atomic E-state index is 11.9. The van der Waals surface area contributed by atoms with Crippen molar-refractivity contribution in [2.75, 3.05) is 6.54 Å². The summed E-state index contributed by atoms with van der Waals surface area (Å²) in [6.45, 7) is 4.43. The van der Waals surface area contributed by atoms with Gasteiger partial charge in [-0.05, 0) is 25.0 Å². The van der Waals surface area contributed by atoms with Gasteiger partial charge >= 0.3 is 0 Å². The van der Waals surface area contributed by atoms with Crippen molar-refractivity contribution in [3.8, 4) is 0 Å². The van der Waals surface area contributed by atoms with Gasteiger partial charge in [0.15, 0.2) is 0 Å². The first-order valence-electron chi connectivity index (χ1n) is 6.37. The van der Waals surface area contributed by atoms with Crippen molar-refractivity contribution in [3.05, 3.63) is 29.8 Å². The van der Waals surface area contributed by atoms with Crippen molar-refractivity contribution in [2.24, 2.45) is 10.7 Å². The third kappa shape index (κ3) is 2.64. The SMILES string of the molecule is CCC(N)(CC)CN=C1NS(=O)(=O)c2ccccc21. The highest BCUT2D eigenvalue weighted by Gasteiger charge is 2.30. The average molecular weight is 281 g/mol. The van der Waals surface area contributed by atoms with Crippen LogP contribution in [0.4, 0.5) is 0 Å². The summed E-state index contributed by atoms with van der Waals surface area (Å²) in [7, 11) is -3.46. The zero-order chi connectivity index (χ0) is 14.1. The molecular formula is C13H19N3O2S. The summed E-state index contributed by atoms with van der Waals surface area (Å²) in [6, 6.07) is 6.83. The number of nitrogens with two attached hydrogens (primary N) is 1. The summed E-state index contributed by atoms with van der Waals surface area (Å²) in [5.41, 5.74) is 6.42. The lowest BCUT2D eigenvalue weighted by molar-refractivity contribution is 0.408. The topological polar surface area (TPSA) is 84.5 Å². The molecule has 6 heteroatoms. The van der Waals surface area contributed by atoms with Crippen molar-refractivity contribution < 1.29 is 8.42 Å². The van der Waals surface area contributed by atoms with E-state index in [4.69, 9.17) is 5.73 Å². The minimum absolute atomic E-state index is 0.282. The van der Waals surface area contributed by atoms with Crippen LogP contribution in [0.2, 0.25) is 0 Å². The number of hydrogen-bond donors (Lipinski definition) is 2. The second-order valence-corrected chi connectivity index (χ2v) is 6.49. The fourth-order valence-corrected chi connectivity index (χ4v) is 3.21. The molecule has 1 aliphatic heterocycles. The number of fused-ring (bicyclic) bond motifs is 1. The smallest absolute Gasteiger partial charge is 0.263 e. The van der Waals surface area contributed by atoms with Gasteiger partial charge in [0, 0.05) is 11.1 Å². The van der Waals surface area contributed by atoms with Gasteiger partial charge < -0.3 is 5.73 Å². The number of nitrogens with zero attached hydrogens (tertiary/aromatic N) is 1. The van der Waals surface area contributed by atoms with E-state index in [-0.39, 0.29) is 10.4 Å². The third-order valence-corrected chi connectivity index (χ3v) is 5.02. The van der Waals surface area contributed by atoms with E-state index in [1.54, 1.807) is 24.3 Å². The Kier molecular flexibility index (Phi) is 3.64. The van der Waals surface area contributed by atoms with Crippen LogP contribution in [-0.2, 0) is 10.0 Å². The van der Waals surface area contributed by atoms with Gasteiger partial charge in [-0.15, -0.1) is 0 Å². The highest BCUT2D eigenvalue weighted by Crippen LogP contribution is 2.22. The monoisotopic (exact) mass is 281 g/mol. The number of nitrogens with one attached hydrogen (secondary N) is 1. The number of aliphatic imine (C=N–C) groups is 1. The molecule has 0 fully saturated rings. The lowest BCUT2D eigenvalue weighted by atomic mass is 9.94. The summed E-state index contributed by atoms with van der Waals surface area (Å²) in [5, 5.41) is 0. The van der Waals surface area contributed by atoms with Gasteiger partial charge in [-0.25, -0.2) is 8.42 Å². The van der Waals surface area contributed by atoms with Gasteiger partial charge in [0.1, 0.15) is 5.84 Å². The van der Waals surface area contributed by atoms with Gasteiger partial charge in [0.25, 0.3) is 10.0 Å². The summed E-state index contributed by atoms with van der Waals surface area (Å²) in [4.78, 5) is 4.66. The molecule has 0 spiro atoms. The van der Waals surface area contributed by atoms with Gasteiger partial charge in [-0.3, -0.25) is 9.71 Å². The molecule has 0 saturated carbocycles. The number of hydrogen-bond acceptors (Lipinski definition) is 4. The molecule has 1 aromatic rings. The van der Waals surface area contributed by atoms with Crippen molar-refractivity contribution in [1.29, 1.82) is 0 Å². The molecule has 5 nitrogen and oxygen atoms in total. The second-order valence-electron chi connectivity index (χ2n) is 4.84. The Balaban J connectivity index is 2.34. The first kappa shape index (κ1) is 14.0. The predicted octanol–water partition coefficient (Wildman–Crippen LogP) is 1.24. The van der Waals surface area contributed by atoms with Crippen molar-refractivity contribution in [3.63, 3.8) is 0 Å². The molecule has 3 N–H and O–H groups in total. The van der Waals surface area contributed by atoms with Crippen LogP contribution in [0.25, 0.3) is 0 Å². The Morgan fingerprint density at radius 2 is 1.89 bits per heavy atom. The number of rotatable bonds is 4.